The Kier molecular flexibility index (Phi) is 3.74. The van der Waals surface area contributed by atoms with Crippen molar-refractivity contribution in [2.45, 2.75) is 42.1 Å². The van der Waals surface area contributed by atoms with Gasteiger partial charge >= 0.3 is 0 Å². The Morgan fingerprint density at radius 3 is 2.63 bits per heavy atom. The summed E-state index contributed by atoms with van der Waals surface area (Å²) in [6.07, 6.45) is 2.96. The van der Waals surface area contributed by atoms with E-state index in [0.29, 0.717) is 19.1 Å². The average Bonchev–Trinajstić information content (AvgIpc) is 2.87. The molecule has 2 aliphatic heterocycles. The van der Waals surface area contributed by atoms with Gasteiger partial charge in [0.15, 0.2) is 5.79 Å². The molecule has 4 heteroatoms. The zero-order valence-corrected chi connectivity index (χ0v) is 12.0. The van der Waals surface area contributed by atoms with E-state index in [2.05, 4.69) is 6.92 Å². The van der Waals surface area contributed by atoms with E-state index in [0.717, 1.165) is 24.2 Å². The third kappa shape index (κ3) is 2.26. The monoisotopic (exact) mass is 280 g/mol. The van der Waals surface area contributed by atoms with Crippen molar-refractivity contribution in [1.29, 1.82) is 0 Å². The lowest BCUT2D eigenvalue weighted by molar-refractivity contribution is -0.254. The molecule has 2 aliphatic rings. The van der Waals surface area contributed by atoms with Crippen LogP contribution in [-0.2, 0) is 20.3 Å². The summed E-state index contributed by atoms with van der Waals surface area (Å²) < 4.78 is 24.7. The Labute approximate surface area is 116 Å². The summed E-state index contributed by atoms with van der Waals surface area (Å²) in [5.74, 6) is -0.319. The first-order valence-electron chi connectivity index (χ1n) is 6.97. The largest absolute Gasteiger partial charge is 0.348 e. The molecule has 2 saturated heterocycles. The van der Waals surface area contributed by atoms with Crippen molar-refractivity contribution in [2.24, 2.45) is 5.92 Å². The molecule has 1 spiro atoms. The van der Waals surface area contributed by atoms with Gasteiger partial charge in [0.1, 0.15) is 0 Å². The number of rotatable bonds is 2. The maximum absolute atomic E-state index is 12.8. The topological polar surface area (TPSA) is 35.5 Å². The molecule has 2 unspecified atom stereocenters. The highest BCUT2D eigenvalue weighted by Crippen LogP contribution is 2.43. The number of hydrogen-bond acceptors (Lipinski definition) is 3. The molecular formula is C15H20O3S. The second-order valence-electron chi connectivity index (χ2n) is 5.35. The fourth-order valence-electron chi connectivity index (χ4n) is 3.15. The van der Waals surface area contributed by atoms with Crippen LogP contribution in [0, 0.1) is 5.92 Å². The summed E-state index contributed by atoms with van der Waals surface area (Å²) in [6, 6.07) is 9.66. The zero-order valence-electron chi connectivity index (χ0n) is 11.2. The van der Waals surface area contributed by atoms with Crippen molar-refractivity contribution in [3.8, 4) is 0 Å². The van der Waals surface area contributed by atoms with Gasteiger partial charge in [-0.25, -0.2) is 0 Å². The van der Waals surface area contributed by atoms with E-state index in [-0.39, 0.29) is 5.25 Å². The molecule has 0 N–H and O–H groups in total. The predicted molar refractivity (Wildman–Crippen MR) is 74.3 cm³/mol. The van der Waals surface area contributed by atoms with E-state index in [1.165, 1.54) is 0 Å². The minimum absolute atomic E-state index is 0.0507. The Bertz CT molecular complexity index is 462. The fraction of sp³-hybridized carbons (Fsp3) is 0.600. The van der Waals surface area contributed by atoms with Gasteiger partial charge < -0.3 is 9.47 Å². The lowest BCUT2D eigenvalue weighted by atomic mass is 9.90. The van der Waals surface area contributed by atoms with Gasteiger partial charge in [0.25, 0.3) is 0 Å². The smallest absolute Gasteiger partial charge is 0.185 e. The van der Waals surface area contributed by atoms with Crippen LogP contribution in [-0.4, -0.2) is 28.5 Å². The van der Waals surface area contributed by atoms with E-state index in [1.54, 1.807) is 0 Å². The molecule has 19 heavy (non-hydrogen) atoms. The van der Waals surface area contributed by atoms with Crippen LogP contribution in [0.25, 0.3) is 0 Å². The van der Waals surface area contributed by atoms with E-state index in [1.807, 2.05) is 30.3 Å². The van der Waals surface area contributed by atoms with Gasteiger partial charge in [0.05, 0.1) is 29.3 Å². The van der Waals surface area contributed by atoms with Crippen LogP contribution < -0.4 is 0 Å². The molecule has 0 amide bonds. The molecule has 2 heterocycles. The quantitative estimate of drug-likeness (QED) is 0.835. The van der Waals surface area contributed by atoms with Crippen LogP contribution in [0.1, 0.15) is 26.2 Å². The lowest BCUT2D eigenvalue weighted by Gasteiger charge is -2.42. The summed E-state index contributed by atoms with van der Waals surface area (Å²) in [5.41, 5.74) is 0. The molecule has 0 bridgehead atoms. The molecule has 0 aliphatic carbocycles. The van der Waals surface area contributed by atoms with Gasteiger partial charge in [0.2, 0.25) is 0 Å². The van der Waals surface area contributed by atoms with Crippen LogP contribution in [0.15, 0.2) is 35.2 Å². The summed E-state index contributed by atoms with van der Waals surface area (Å²) in [5, 5.41) is -0.0507. The van der Waals surface area contributed by atoms with Crippen molar-refractivity contribution >= 4 is 10.8 Å². The van der Waals surface area contributed by atoms with E-state index >= 15 is 0 Å². The summed E-state index contributed by atoms with van der Waals surface area (Å²) in [7, 11) is -1.07. The molecular weight excluding hydrogens is 260 g/mol. The Balaban J connectivity index is 1.89. The lowest BCUT2D eigenvalue weighted by Crippen LogP contribution is -2.52. The molecule has 4 atom stereocenters. The van der Waals surface area contributed by atoms with Crippen LogP contribution >= 0.6 is 0 Å². The molecule has 0 radical (unpaired) electrons. The summed E-state index contributed by atoms with van der Waals surface area (Å²) in [6.45, 7) is 3.51. The Morgan fingerprint density at radius 1 is 1.16 bits per heavy atom. The Morgan fingerprint density at radius 2 is 1.89 bits per heavy atom. The minimum Gasteiger partial charge on any atom is -0.348 e. The highest BCUT2D eigenvalue weighted by atomic mass is 32.2. The standard InChI is InChI=1S/C15H20O3S/c1-12-6-5-10-17-15(12)14(9-11-18-15)19(16)13-7-3-2-4-8-13/h2-4,7-8,12,14H,5-6,9-11H2,1H3/t12-,14-,15?,19?/m1/s1. The second-order valence-corrected chi connectivity index (χ2v) is 6.98. The van der Waals surface area contributed by atoms with Gasteiger partial charge in [-0.05, 0) is 31.4 Å². The first-order valence-corrected chi connectivity index (χ1v) is 8.19. The van der Waals surface area contributed by atoms with Crippen molar-refractivity contribution in [3.63, 3.8) is 0 Å². The highest BCUT2D eigenvalue weighted by Gasteiger charge is 2.53. The van der Waals surface area contributed by atoms with Crippen molar-refractivity contribution in [3.05, 3.63) is 30.3 Å². The van der Waals surface area contributed by atoms with Gasteiger partial charge in [-0.1, -0.05) is 25.1 Å². The number of ether oxygens (including phenoxy) is 2. The molecule has 2 fully saturated rings. The third-order valence-electron chi connectivity index (χ3n) is 4.19. The molecule has 0 aromatic heterocycles. The van der Waals surface area contributed by atoms with Crippen molar-refractivity contribution in [1.82, 2.24) is 0 Å². The normalized spacial score (nSPS) is 36.5. The average molecular weight is 280 g/mol. The zero-order chi connectivity index (χ0) is 13.3. The second kappa shape index (κ2) is 5.35. The molecule has 0 saturated carbocycles. The van der Waals surface area contributed by atoms with E-state index in [9.17, 15) is 4.21 Å². The molecule has 104 valence electrons. The fourth-order valence-corrected chi connectivity index (χ4v) is 4.88. The van der Waals surface area contributed by atoms with Crippen LogP contribution in [0.5, 0.6) is 0 Å². The van der Waals surface area contributed by atoms with Gasteiger partial charge in [-0.15, -0.1) is 0 Å². The SMILES string of the molecule is C[C@@H]1CCCOC12OCC[C@H]2S(=O)c1ccccc1. The summed E-state index contributed by atoms with van der Waals surface area (Å²) in [4.78, 5) is 0.874. The van der Waals surface area contributed by atoms with E-state index < -0.39 is 16.6 Å². The molecule has 3 rings (SSSR count). The van der Waals surface area contributed by atoms with Crippen molar-refractivity contribution < 1.29 is 13.7 Å². The first-order chi connectivity index (χ1) is 9.24. The van der Waals surface area contributed by atoms with Crippen LogP contribution in [0.4, 0.5) is 0 Å². The molecule has 1 aromatic rings. The highest BCUT2D eigenvalue weighted by molar-refractivity contribution is 7.85. The summed E-state index contributed by atoms with van der Waals surface area (Å²) >= 11 is 0. The Hall–Kier alpha value is -0.710. The third-order valence-corrected chi connectivity index (χ3v) is 6.00. The maximum Gasteiger partial charge on any atom is 0.185 e. The molecule has 1 aromatic carbocycles. The maximum atomic E-state index is 12.8. The number of benzene rings is 1. The predicted octanol–water partition coefficient (Wildman–Crippen LogP) is 2.73. The van der Waals surface area contributed by atoms with Gasteiger partial charge in [-0.3, -0.25) is 4.21 Å². The van der Waals surface area contributed by atoms with Gasteiger partial charge in [0, 0.05) is 10.8 Å². The minimum atomic E-state index is -1.07. The van der Waals surface area contributed by atoms with Crippen LogP contribution in [0.2, 0.25) is 0 Å². The van der Waals surface area contributed by atoms with Crippen molar-refractivity contribution in [2.75, 3.05) is 13.2 Å². The molecule has 3 nitrogen and oxygen atoms in total. The first kappa shape index (κ1) is 13.3. The number of hydrogen-bond donors (Lipinski definition) is 0. The van der Waals surface area contributed by atoms with Gasteiger partial charge in [-0.2, -0.15) is 0 Å². The van der Waals surface area contributed by atoms with E-state index in [4.69, 9.17) is 9.47 Å². The van der Waals surface area contributed by atoms with Crippen LogP contribution in [0.3, 0.4) is 0 Å².